The summed E-state index contributed by atoms with van der Waals surface area (Å²) in [5, 5.41) is 14.2. The van der Waals surface area contributed by atoms with E-state index in [1.807, 2.05) is 24.3 Å². The van der Waals surface area contributed by atoms with E-state index in [1.165, 1.54) is 6.07 Å². The van der Waals surface area contributed by atoms with Crippen LogP contribution in [-0.4, -0.2) is 8.42 Å². The molecule has 0 saturated heterocycles. The van der Waals surface area contributed by atoms with Crippen molar-refractivity contribution in [3.8, 4) is 6.07 Å². The van der Waals surface area contributed by atoms with Crippen molar-refractivity contribution in [2.45, 2.75) is 4.90 Å². The second-order valence-electron chi connectivity index (χ2n) is 5.26. The van der Waals surface area contributed by atoms with Crippen molar-refractivity contribution in [1.82, 2.24) is 0 Å². The molecule has 3 rings (SSSR count). The molecule has 124 valence electrons. The fraction of sp³-hybridized carbons (Fsp3) is 0. The monoisotopic (exact) mass is 368 g/mol. The zero-order valence-corrected chi connectivity index (χ0v) is 14.6. The summed E-state index contributed by atoms with van der Waals surface area (Å²) in [7, 11) is -3.93. The van der Waals surface area contributed by atoms with Gasteiger partial charge >= 0.3 is 0 Å². The molecule has 4 nitrogen and oxygen atoms in total. The Bertz CT molecular complexity index is 1120. The number of hydrogen-bond acceptors (Lipinski definition) is 4. The van der Waals surface area contributed by atoms with Gasteiger partial charge in [0, 0.05) is 6.20 Å². The Labute approximate surface area is 150 Å². The topological polar surface area (TPSA) is 70.0 Å². The third-order valence-corrected chi connectivity index (χ3v) is 5.66. The van der Waals surface area contributed by atoms with Crippen LogP contribution in [-0.2, 0) is 9.84 Å². The van der Waals surface area contributed by atoms with Crippen molar-refractivity contribution < 1.29 is 8.42 Å². The number of nitrogens with one attached hydrogen (secondary N) is 1. The highest BCUT2D eigenvalue weighted by Gasteiger charge is 2.21. The maximum atomic E-state index is 12.7. The molecule has 6 heteroatoms. The van der Waals surface area contributed by atoms with Crippen molar-refractivity contribution in [3.63, 3.8) is 0 Å². The summed E-state index contributed by atoms with van der Waals surface area (Å²) in [5.41, 5.74) is 0.519. The summed E-state index contributed by atoms with van der Waals surface area (Å²) in [4.78, 5) is -0.317. The third kappa shape index (κ3) is 3.50. The standard InChI is InChI=1S/C19H13ClN2O2S/c20-18-7-3-4-8-19(18)22-13-17(12-21)25(23,24)16-10-9-14-5-1-2-6-15(14)11-16/h1-11,13,22H. The molecular formula is C19H13ClN2O2S. The van der Waals surface area contributed by atoms with E-state index in [4.69, 9.17) is 11.6 Å². The van der Waals surface area contributed by atoms with Gasteiger partial charge in [-0.25, -0.2) is 8.42 Å². The molecule has 0 aliphatic carbocycles. The van der Waals surface area contributed by atoms with E-state index in [2.05, 4.69) is 5.32 Å². The van der Waals surface area contributed by atoms with Gasteiger partial charge in [0.2, 0.25) is 9.84 Å². The summed E-state index contributed by atoms with van der Waals surface area (Å²) < 4.78 is 25.5. The molecule has 3 aromatic carbocycles. The first-order valence-electron chi connectivity index (χ1n) is 7.37. The average Bonchev–Trinajstić information content (AvgIpc) is 2.63. The van der Waals surface area contributed by atoms with Gasteiger partial charge in [-0.3, -0.25) is 0 Å². The van der Waals surface area contributed by atoms with Crippen LogP contribution in [0.4, 0.5) is 5.69 Å². The van der Waals surface area contributed by atoms with Gasteiger partial charge in [0.1, 0.15) is 6.07 Å². The van der Waals surface area contributed by atoms with Crippen molar-refractivity contribution in [2.75, 3.05) is 5.32 Å². The molecule has 0 aliphatic rings. The molecule has 0 bridgehead atoms. The first-order chi connectivity index (χ1) is 12.0. The lowest BCUT2D eigenvalue weighted by atomic mass is 10.1. The van der Waals surface area contributed by atoms with E-state index >= 15 is 0 Å². The minimum atomic E-state index is -3.93. The lowest BCUT2D eigenvalue weighted by molar-refractivity contribution is 0.603. The smallest absolute Gasteiger partial charge is 0.218 e. The predicted molar refractivity (Wildman–Crippen MR) is 99.9 cm³/mol. The van der Waals surface area contributed by atoms with E-state index in [0.29, 0.717) is 10.7 Å². The summed E-state index contributed by atoms with van der Waals surface area (Å²) in [5.74, 6) is 0. The Morgan fingerprint density at radius 2 is 1.68 bits per heavy atom. The zero-order chi connectivity index (χ0) is 17.9. The number of anilines is 1. The van der Waals surface area contributed by atoms with E-state index in [0.717, 1.165) is 17.0 Å². The SMILES string of the molecule is N#CC(=CNc1ccccc1Cl)S(=O)(=O)c1ccc2ccccc2c1. The first-order valence-corrected chi connectivity index (χ1v) is 9.24. The van der Waals surface area contributed by atoms with Crippen molar-refractivity contribution in [1.29, 1.82) is 5.26 Å². The Balaban J connectivity index is 1.99. The molecule has 0 saturated carbocycles. The maximum Gasteiger partial charge on any atom is 0.218 e. The Kier molecular flexibility index (Phi) is 4.75. The van der Waals surface area contributed by atoms with Gasteiger partial charge in [-0.15, -0.1) is 0 Å². The molecule has 0 fully saturated rings. The van der Waals surface area contributed by atoms with Gasteiger partial charge in [0.25, 0.3) is 0 Å². The van der Waals surface area contributed by atoms with Crippen LogP contribution >= 0.6 is 11.6 Å². The van der Waals surface area contributed by atoms with Crippen LogP contribution in [0.3, 0.4) is 0 Å². The summed E-state index contributed by atoms with van der Waals surface area (Å²) in [6, 6.07) is 20.8. The van der Waals surface area contributed by atoms with Gasteiger partial charge in [0.05, 0.1) is 15.6 Å². The molecular weight excluding hydrogens is 356 g/mol. The fourth-order valence-electron chi connectivity index (χ4n) is 2.35. The van der Waals surface area contributed by atoms with E-state index in [1.54, 1.807) is 42.5 Å². The summed E-state index contributed by atoms with van der Waals surface area (Å²) in [6.07, 6.45) is 1.16. The van der Waals surface area contributed by atoms with Crippen LogP contribution in [0.15, 0.2) is 82.7 Å². The van der Waals surface area contributed by atoms with Crippen LogP contribution in [0.2, 0.25) is 5.02 Å². The Hall–Kier alpha value is -2.81. The van der Waals surface area contributed by atoms with Gasteiger partial charge in [-0.2, -0.15) is 5.26 Å². The van der Waals surface area contributed by atoms with Gasteiger partial charge in [-0.05, 0) is 35.0 Å². The molecule has 0 atom stereocenters. The quantitative estimate of drug-likeness (QED) is 0.675. The van der Waals surface area contributed by atoms with Crippen molar-refractivity contribution >= 4 is 37.9 Å². The average molecular weight is 369 g/mol. The van der Waals surface area contributed by atoms with Crippen LogP contribution < -0.4 is 5.32 Å². The molecule has 1 N–H and O–H groups in total. The van der Waals surface area contributed by atoms with Gasteiger partial charge in [0.15, 0.2) is 4.91 Å². The largest absolute Gasteiger partial charge is 0.359 e. The van der Waals surface area contributed by atoms with Crippen molar-refractivity contribution in [3.05, 3.63) is 82.9 Å². The number of sulfone groups is 1. The van der Waals surface area contributed by atoms with Gasteiger partial charge in [-0.1, -0.05) is 54.1 Å². The highest BCUT2D eigenvalue weighted by molar-refractivity contribution is 7.95. The van der Waals surface area contributed by atoms with Crippen LogP contribution in [0, 0.1) is 11.3 Å². The zero-order valence-electron chi connectivity index (χ0n) is 13.0. The number of allylic oxidation sites excluding steroid dienone is 1. The number of rotatable bonds is 4. The highest BCUT2D eigenvalue weighted by atomic mass is 35.5. The summed E-state index contributed by atoms with van der Waals surface area (Å²) >= 11 is 6.02. The van der Waals surface area contributed by atoms with Crippen LogP contribution in [0.5, 0.6) is 0 Å². The van der Waals surface area contributed by atoms with E-state index in [9.17, 15) is 13.7 Å². The Morgan fingerprint density at radius 3 is 2.40 bits per heavy atom. The predicted octanol–water partition coefficient (Wildman–Crippen LogP) is 4.74. The molecule has 25 heavy (non-hydrogen) atoms. The number of halogens is 1. The van der Waals surface area contributed by atoms with Crippen molar-refractivity contribution in [2.24, 2.45) is 0 Å². The normalized spacial score (nSPS) is 11.9. The number of nitrogens with zero attached hydrogens (tertiary/aromatic N) is 1. The lowest BCUT2D eigenvalue weighted by Gasteiger charge is -2.07. The number of para-hydroxylation sites is 1. The van der Waals surface area contributed by atoms with Crippen LogP contribution in [0.1, 0.15) is 0 Å². The summed E-state index contributed by atoms with van der Waals surface area (Å²) in [6.45, 7) is 0. The first kappa shape index (κ1) is 17.0. The van der Waals surface area contributed by atoms with E-state index in [-0.39, 0.29) is 9.80 Å². The fourth-order valence-corrected chi connectivity index (χ4v) is 3.66. The molecule has 3 aromatic rings. The lowest BCUT2D eigenvalue weighted by Crippen LogP contribution is -2.05. The number of fused-ring (bicyclic) bond motifs is 1. The Morgan fingerprint density at radius 1 is 1.00 bits per heavy atom. The molecule has 0 unspecified atom stereocenters. The molecule has 0 aromatic heterocycles. The number of nitriles is 1. The minimum Gasteiger partial charge on any atom is -0.359 e. The van der Waals surface area contributed by atoms with E-state index < -0.39 is 9.84 Å². The number of hydrogen-bond donors (Lipinski definition) is 1. The second kappa shape index (κ2) is 6.98. The third-order valence-electron chi connectivity index (χ3n) is 3.66. The minimum absolute atomic E-state index is 0.0694. The highest BCUT2D eigenvalue weighted by Crippen LogP contribution is 2.25. The number of benzene rings is 3. The molecule has 0 aliphatic heterocycles. The maximum absolute atomic E-state index is 12.7. The molecule has 0 amide bonds. The molecule has 0 heterocycles. The van der Waals surface area contributed by atoms with Crippen LogP contribution in [0.25, 0.3) is 10.8 Å². The second-order valence-corrected chi connectivity index (χ2v) is 7.58. The van der Waals surface area contributed by atoms with Gasteiger partial charge < -0.3 is 5.32 Å². The molecule has 0 spiro atoms. The molecule has 0 radical (unpaired) electrons.